The van der Waals surface area contributed by atoms with Gasteiger partial charge in [-0.25, -0.2) is 0 Å². The second-order valence-corrected chi connectivity index (χ2v) is 4.42. The van der Waals surface area contributed by atoms with Gasteiger partial charge in [0.25, 0.3) is 0 Å². The molecule has 0 unspecified atom stereocenters. The lowest BCUT2D eigenvalue weighted by atomic mass is 10.1. The molecule has 0 heterocycles. The van der Waals surface area contributed by atoms with Crippen molar-refractivity contribution in [3.63, 3.8) is 0 Å². The van der Waals surface area contributed by atoms with Crippen molar-refractivity contribution in [3.05, 3.63) is 35.4 Å². The minimum absolute atomic E-state index is 0.623. The molecule has 0 N–H and O–H groups in total. The van der Waals surface area contributed by atoms with Crippen LogP contribution in [-0.4, -0.2) is 11.7 Å². The highest BCUT2D eigenvalue weighted by molar-refractivity contribution is 7.80. The zero-order valence-electron chi connectivity index (χ0n) is 13.5. The Balaban J connectivity index is 0. The van der Waals surface area contributed by atoms with Gasteiger partial charge in [-0.3, -0.25) is 0 Å². The minimum Gasteiger partial charge on any atom is -0.488 e. The Morgan fingerprint density at radius 2 is 1.47 bits per heavy atom. The third kappa shape index (κ3) is 13.3. The zero-order chi connectivity index (χ0) is 15.1. The quantitative estimate of drug-likeness (QED) is 0.665. The van der Waals surface area contributed by atoms with Crippen LogP contribution in [0.1, 0.15) is 59.1 Å². The fourth-order valence-corrected chi connectivity index (χ4v) is 1.55. The van der Waals surface area contributed by atoms with Crippen LogP contribution in [0.4, 0.5) is 0 Å². The molecule has 0 radical (unpaired) electrons. The van der Waals surface area contributed by atoms with E-state index < -0.39 is 0 Å². The monoisotopic (exact) mass is 282 g/mol. The first kappa shape index (κ1) is 20.4. The second kappa shape index (κ2) is 15.2. The highest BCUT2D eigenvalue weighted by Crippen LogP contribution is 2.06. The van der Waals surface area contributed by atoms with Crippen LogP contribution < -0.4 is 0 Å². The molecule has 0 saturated carbocycles. The molecule has 1 aromatic carbocycles. The molecule has 0 aromatic heterocycles. The number of aryl methyl sites for hydroxylation is 2. The van der Waals surface area contributed by atoms with E-state index >= 15 is 0 Å². The highest BCUT2D eigenvalue weighted by atomic mass is 32.1. The molecule has 1 nitrogen and oxygen atoms in total. The summed E-state index contributed by atoms with van der Waals surface area (Å²) in [5.74, 6) is 0. The van der Waals surface area contributed by atoms with Crippen molar-refractivity contribution in [3.8, 4) is 0 Å². The van der Waals surface area contributed by atoms with E-state index in [0.717, 1.165) is 6.42 Å². The van der Waals surface area contributed by atoms with Crippen LogP contribution in [0.25, 0.3) is 0 Å². The molecule has 0 spiro atoms. The van der Waals surface area contributed by atoms with Crippen LogP contribution in [0.2, 0.25) is 0 Å². The maximum atomic E-state index is 4.77. The first-order valence-electron chi connectivity index (χ1n) is 7.35. The lowest BCUT2D eigenvalue weighted by molar-refractivity contribution is 0.334. The average Bonchev–Trinajstić information content (AvgIpc) is 2.43. The molecule has 0 aliphatic heterocycles. The molecule has 0 bridgehead atoms. The largest absolute Gasteiger partial charge is 0.488 e. The number of ether oxygens (including phenoxy) is 1. The fraction of sp³-hybridized carbons (Fsp3) is 0.588. The first-order chi connectivity index (χ1) is 9.13. The molecule has 0 amide bonds. The van der Waals surface area contributed by atoms with Gasteiger partial charge >= 0.3 is 0 Å². The third-order valence-corrected chi connectivity index (χ3v) is 2.44. The molecule has 0 fully saturated rings. The summed E-state index contributed by atoms with van der Waals surface area (Å²) < 4.78 is 4.77. The first-order valence-corrected chi connectivity index (χ1v) is 7.75. The SMILES string of the molecule is CC.CCCc1ccc(CC)cc1.CCOC(C)=S. The molecular formula is C17H30OS. The summed E-state index contributed by atoms with van der Waals surface area (Å²) in [7, 11) is 0. The van der Waals surface area contributed by atoms with E-state index in [1.807, 2.05) is 20.8 Å². The summed E-state index contributed by atoms with van der Waals surface area (Å²) in [6, 6.07) is 8.93. The molecule has 110 valence electrons. The number of hydrogen-bond acceptors (Lipinski definition) is 2. The topological polar surface area (TPSA) is 9.23 Å². The van der Waals surface area contributed by atoms with Crippen LogP contribution in [0.15, 0.2) is 24.3 Å². The molecular weight excluding hydrogens is 252 g/mol. The summed E-state index contributed by atoms with van der Waals surface area (Å²) in [5, 5.41) is 0.623. The Hall–Kier alpha value is -0.890. The Labute approximate surface area is 125 Å². The van der Waals surface area contributed by atoms with E-state index in [-0.39, 0.29) is 0 Å². The number of rotatable bonds is 4. The van der Waals surface area contributed by atoms with Crippen LogP contribution in [0.5, 0.6) is 0 Å². The Morgan fingerprint density at radius 3 is 1.74 bits per heavy atom. The van der Waals surface area contributed by atoms with Gasteiger partial charge in [0.05, 0.1) is 6.61 Å². The van der Waals surface area contributed by atoms with Crippen LogP contribution in [0, 0.1) is 0 Å². The molecule has 0 aliphatic carbocycles. The Bertz CT molecular complexity index is 304. The summed E-state index contributed by atoms with van der Waals surface area (Å²) in [6.45, 7) is 12.8. The smallest absolute Gasteiger partial charge is 0.156 e. The van der Waals surface area contributed by atoms with E-state index in [1.165, 1.54) is 24.0 Å². The van der Waals surface area contributed by atoms with Gasteiger partial charge in [0.15, 0.2) is 5.05 Å². The molecule has 0 saturated heterocycles. The van der Waals surface area contributed by atoms with Gasteiger partial charge in [0, 0.05) is 6.92 Å². The lowest BCUT2D eigenvalue weighted by Crippen LogP contribution is -1.92. The average molecular weight is 282 g/mol. The molecule has 19 heavy (non-hydrogen) atoms. The molecule has 0 atom stereocenters. The summed E-state index contributed by atoms with van der Waals surface area (Å²) in [4.78, 5) is 0. The zero-order valence-corrected chi connectivity index (χ0v) is 14.3. The fourth-order valence-electron chi connectivity index (χ4n) is 1.43. The van der Waals surface area contributed by atoms with Gasteiger partial charge in [-0.2, -0.15) is 0 Å². The maximum absolute atomic E-state index is 4.77. The number of benzene rings is 1. The van der Waals surface area contributed by atoms with Gasteiger partial charge in [-0.05, 0) is 43.1 Å². The van der Waals surface area contributed by atoms with Crippen molar-refractivity contribution < 1.29 is 4.74 Å². The van der Waals surface area contributed by atoms with Crippen molar-refractivity contribution in [1.29, 1.82) is 0 Å². The van der Waals surface area contributed by atoms with Crippen molar-refractivity contribution in [2.75, 3.05) is 6.61 Å². The summed E-state index contributed by atoms with van der Waals surface area (Å²) >= 11 is 4.57. The van der Waals surface area contributed by atoms with Crippen molar-refractivity contribution >= 4 is 17.3 Å². The van der Waals surface area contributed by atoms with Gasteiger partial charge in [-0.15, -0.1) is 0 Å². The van der Waals surface area contributed by atoms with Crippen LogP contribution in [0.3, 0.4) is 0 Å². The van der Waals surface area contributed by atoms with Crippen LogP contribution >= 0.6 is 12.2 Å². The van der Waals surface area contributed by atoms with E-state index in [4.69, 9.17) is 4.74 Å². The lowest BCUT2D eigenvalue weighted by Gasteiger charge is -1.99. The normalized spacial score (nSPS) is 8.53. The standard InChI is InChI=1S/C11H16.C4H8OS.C2H6/c1-3-5-11-8-6-10(4-2)7-9-11;1-3-5-4(2)6;1-2/h6-9H,3-5H2,1-2H3;3H2,1-2H3;1-2H3. The molecule has 0 aliphatic rings. The van der Waals surface area contributed by atoms with Crippen molar-refractivity contribution in [2.24, 2.45) is 0 Å². The van der Waals surface area contributed by atoms with Crippen molar-refractivity contribution in [2.45, 2.75) is 60.8 Å². The van der Waals surface area contributed by atoms with Crippen molar-refractivity contribution in [1.82, 2.24) is 0 Å². The molecule has 1 aromatic rings. The Morgan fingerprint density at radius 1 is 1.00 bits per heavy atom. The van der Waals surface area contributed by atoms with E-state index in [2.05, 4.69) is 50.3 Å². The number of thiocarbonyl (C=S) groups is 1. The van der Waals surface area contributed by atoms with Gasteiger partial charge < -0.3 is 4.74 Å². The molecule has 1 rings (SSSR count). The van der Waals surface area contributed by atoms with Crippen LogP contribution in [-0.2, 0) is 17.6 Å². The maximum Gasteiger partial charge on any atom is 0.156 e. The van der Waals surface area contributed by atoms with E-state index in [1.54, 1.807) is 6.92 Å². The van der Waals surface area contributed by atoms with E-state index in [9.17, 15) is 0 Å². The van der Waals surface area contributed by atoms with E-state index in [0.29, 0.717) is 11.7 Å². The Kier molecular flexibility index (Phi) is 16.3. The minimum atomic E-state index is 0.623. The van der Waals surface area contributed by atoms with Gasteiger partial charge in [-0.1, -0.05) is 58.4 Å². The molecule has 2 heteroatoms. The highest BCUT2D eigenvalue weighted by Gasteiger charge is 1.90. The second-order valence-electron chi connectivity index (χ2n) is 3.84. The predicted molar refractivity (Wildman–Crippen MR) is 91.1 cm³/mol. The van der Waals surface area contributed by atoms with Gasteiger partial charge in [0.1, 0.15) is 0 Å². The summed E-state index contributed by atoms with van der Waals surface area (Å²) in [6.07, 6.45) is 3.60. The van der Waals surface area contributed by atoms with Gasteiger partial charge in [0.2, 0.25) is 0 Å². The third-order valence-electron chi connectivity index (χ3n) is 2.32. The predicted octanol–water partition coefficient (Wildman–Crippen LogP) is 5.60. The summed E-state index contributed by atoms with van der Waals surface area (Å²) in [5.41, 5.74) is 2.90. The number of hydrogen-bond donors (Lipinski definition) is 0.